The van der Waals surface area contributed by atoms with Crippen LogP contribution in [0.4, 0.5) is 10.6 Å². The minimum Gasteiger partial charge on any atom is -0.390 e. The fourth-order valence-electron chi connectivity index (χ4n) is 4.58. The Bertz CT molecular complexity index is 1490. The second kappa shape index (κ2) is 16.1. The predicted molar refractivity (Wildman–Crippen MR) is 157 cm³/mol. The highest BCUT2D eigenvalue weighted by Gasteiger charge is 2.43. The van der Waals surface area contributed by atoms with Crippen molar-refractivity contribution in [1.82, 2.24) is 25.5 Å². The van der Waals surface area contributed by atoms with Crippen LogP contribution in [-0.2, 0) is 36.4 Å². The van der Waals surface area contributed by atoms with Crippen LogP contribution in [0.2, 0.25) is 0 Å². The van der Waals surface area contributed by atoms with Gasteiger partial charge >= 0.3 is 35.2 Å². The number of phosphoric ester groups is 1. The molecule has 1 aromatic heterocycles. The third-order valence-electron chi connectivity index (χ3n) is 6.76. The largest absolute Gasteiger partial charge is 0.490 e. The first kappa shape index (κ1) is 37.9. The van der Waals surface area contributed by atoms with Crippen molar-refractivity contribution in [2.24, 2.45) is 0 Å². The molecule has 260 valence electrons. The molecule has 3 amide bonds. The van der Waals surface area contributed by atoms with E-state index in [2.05, 4.69) is 34.1 Å². The number of amides is 3. The van der Waals surface area contributed by atoms with Crippen molar-refractivity contribution in [2.45, 2.75) is 76.0 Å². The Labute approximate surface area is 261 Å². The van der Waals surface area contributed by atoms with Gasteiger partial charge in [0.2, 0.25) is 5.91 Å². The second-order valence-electron chi connectivity index (χ2n) is 10.4. The average Bonchev–Trinajstić information content (AvgIpc) is 3.43. The average molecular weight is 718 g/mol. The minimum atomic E-state index is -5.73. The summed E-state index contributed by atoms with van der Waals surface area (Å²) in [5.74, 6) is -0.296. The summed E-state index contributed by atoms with van der Waals surface area (Å²) in [6, 6.07) is -0.0296. The van der Waals surface area contributed by atoms with Crippen molar-refractivity contribution in [3.8, 4) is 0 Å². The van der Waals surface area contributed by atoms with Crippen molar-refractivity contribution >= 4 is 47.3 Å². The second-order valence-corrected chi connectivity index (χ2v) is 14.8. The zero-order chi connectivity index (χ0) is 34.3. The molecule has 0 aliphatic carbocycles. The van der Waals surface area contributed by atoms with E-state index in [0.717, 1.165) is 23.8 Å². The van der Waals surface area contributed by atoms with Gasteiger partial charge in [-0.2, -0.15) is 13.6 Å². The van der Waals surface area contributed by atoms with E-state index < -0.39 is 54.2 Å². The first-order valence-corrected chi connectivity index (χ1v) is 18.4. The summed E-state index contributed by atoms with van der Waals surface area (Å²) < 4.78 is 52.4. The van der Waals surface area contributed by atoms with Gasteiger partial charge in [0.15, 0.2) is 0 Å². The molecule has 2 aliphatic heterocycles. The summed E-state index contributed by atoms with van der Waals surface area (Å²) in [5, 5.41) is 18.7. The van der Waals surface area contributed by atoms with Gasteiger partial charge < -0.3 is 51.1 Å². The molecule has 2 aliphatic rings. The molecular weight excluding hydrogens is 681 g/mol. The lowest BCUT2D eigenvalue weighted by Crippen LogP contribution is -2.30. The lowest BCUT2D eigenvalue weighted by Gasteiger charge is -2.19. The molecule has 0 aromatic carbocycles. The number of nitrogens with one attached hydrogen (secondary N) is 3. The van der Waals surface area contributed by atoms with Crippen LogP contribution in [0.25, 0.3) is 6.08 Å². The normalized spacial score (nSPS) is 26.0. The number of hydrogen-bond acceptors (Lipinski definition) is 13. The third-order valence-corrected chi connectivity index (χ3v) is 10.6. The summed E-state index contributed by atoms with van der Waals surface area (Å²) in [6.45, 7) is 1.16. The maximum absolute atomic E-state index is 12.5. The van der Waals surface area contributed by atoms with Gasteiger partial charge in [-0.1, -0.05) is 25.0 Å². The summed E-state index contributed by atoms with van der Waals surface area (Å²) in [6.07, 6.45) is 3.75. The SMILES string of the molecule is CC1NC(=O)NC1CCCCCC(=O)NCC=Cc1cn(C2CC(O)C(COP(=O)(O)OP(=O)(O)OP(=O)(O)O)O2)c(=O)nc1N. The Morgan fingerprint density at radius 1 is 1.15 bits per heavy atom. The zero-order valence-corrected chi connectivity index (χ0v) is 27.1. The summed E-state index contributed by atoms with van der Waals surface area (Å²) in [5.41, 5.74) is 5.27. The molecule has 7 unspecified atom stereocenters. The Kier molecular flexibility index (Phi) is 13.2. The molecule has 0 radical (unpaired) electrons. The van der Waals surface area contributed by atoms with Crippen LogP contribution >= 0.6 is 23.5 Å². The van der Waals surface area contributed by atoms with Crippen molar-refractivity contribution in [3.05, 3.63) is 28.3 Å². The standard InChI is InChI=1S/C22H37N6O15P3/c1-13-15(26-21(31)25-13)7-3-2-4-8-18(30)24-9-5-6-14-11-28(22(32)27-20(14)23)19-10-16(29)17(41-19)12-40-45(36,37)43-46(38,39)42-44(33,34)35/h5-6,11,13,15-17,19,29H,2-4,7-10,12H2,1H3,(H,24,30)(H,36,37)(H,38,39)(H2,23,27,32)(H2,25,26,31)(H2,33,34,35). The highest BCUT2D eigenvalue weighted by atomic mass is 31.3. The summed E-state index contributed by atoms with van der Waals surface area (Å²) in [7, 11) is -16.8. The van der Waals surface area contributed by atoms with Crippen LogP contribution in [0.3, 0.4) is 0 Å². The molecule has 21 nitrogen and oxygen atoms in total. The molecule has 0 saturated carbocycles. The highest BCUT2D eigenvalue weighted by Crippen LogP contribution is 2.66. The topological polar surface area (TPSA) is 320 Å². The van der Waals surface area contributed by atoms with E-state index >= 15 is 0 Å². The van der Waals surface area contributed by atoms with Gasteiger partial charge in [0.25, 0.3) is 0 Å². The maximum atomic E-state index is 12.5. The number of carbonyl (C=O) groups is 2. The van der Waals surface area contributed by atoms with Gasteiger partial charge in [-0.05, 0) is 19.8 Å². The van der Waals surface area contributed by atoms with Crippen molar-refractivity contribution in [1.29, 1.82) is 0 Å². The molecule has 0 bridgehead atoms. The van der Waals surface area contributed by atoms with Crippen molar-refractivity contribution in [2.75, 3.05) is 18.9 Å². The van der Waals surface area contributed by atoms with Gasteiger partial charge in [-0.15, -0.1) is 0 Å². The minimum absolute atomic E-state index is 0.0654. The smallest absolute Gasteiger partial charge is 0.390 e. The van der Waals surface area contributed by atoms with Gasteiger partial charge in [-0.25, -0.2) is 23.3 Å². The number of aromatic nitrogens is 2. The lowest BCUT2D eigenvalue weighted by atomic mass is 10.0. The van der Waals surface area contributed by atoms with E-state index in [9.17, 15) is 43.0 Å². The highest BCUT2D eigenvalue weighted by molar-refractivity contribution is 7.66. The summed E-state index contributed by atoms with van der Waals surface area (Å²) >= 11 is 0. The van der Waals surface area contributed by atoms with Gasteiger partial charge in [0.1, 0.15) is 18.1 Å². The van der Waals surface area contributed by atoms with Gasteiger partial charge in [0, 0.05) is 37.2 Å². The fraction of sp³-hybridized carbons (Fsp3) is 0.636. The van der Waals surface area contributed by atoms with Gasteiger partial charge in [0.05, 0.1) is 18.8 Å². The number of nitrogens with zero attached hydrogens (tertiary/aromatic N) is 2. The molecule has 0 spiro atoms. The van der Waals surface area contributed by atoms with E-state index in [1.165, 1.54) is 12.3 Å². The lowest BCUT2D eigenvalue weighted by molar-refractivity contribution is -0.121. The van der Waals surface area contributed by atoms with E-state index in [-0.39, 0.29) is 48.4 Å². The fourth-order valence-corrected chi connectivity index (χ4v) is 7.61. The molecule has 10 N–H and O–H groups in total. The van der Waals surface area contributed by atoms with Crippen LogP contribution in [0, 0.1) is 0 Å². The van der Waals surface area contributed by atoms with Crippen molar-refractivity contribution in [3.63, 3.8) is 0 Å². The summed E-state index contributed by atoms with van der Waals surface area (Å²) in [4.78, 5) is 75.7. The number of unbranched alkanes of at least 4 members (excludes halogenated alkanes) is 2. The molecule has 2 fully saturated rings. The molecule has 24 heteroatoms. The van der Waals surface area contributed by atoms with Crippen LogP contribution in [-0.4, -0.2) is 83.6 Å². The van der Waals surface area contributed by atoms with Gasteiger partial charge in [-0.3, -0.25) is 13.9 Å². The molecule has 7 atom stereocenters. The molecule has 2 saturated heterocycles. The monoisotopic (exact) mass is 718 g/mol. The van der Waals surface area contributed by atoms with Crippen LogP contribution in [0.15, 0.2) is 17.1 Å². The first-order chi connectivity index (χ1) is 21.3. The molecule has 46 heavy (non-hydrogen) atoms. The van der Waals surface area contributed by atoms with Crippen LogP contribution in [0.5, 0.6) is 0 Å². The number of carbonyl (C=O) groups excluding carboxylic acids is 2. The number of urea groups is 1. The van der Waals surface area contributed by atoms with Crippen molar-refractivity contribution < 1.29 is 65.8 Å². The molecular formula is C22H37N6O15P3. The predicted octanol–water partition coefficient (Wildman–Crippen LogP) is -0.0330. The van der Waals surface area contributed by atoms with E-state index in [4.69, 9.17) is 20.3 Å². The number of ether oxygens (including phenoxy) is 1. The Balaban J connectivity index is 1.46. The Hall–Kier alpha value is -2.51. The number of phosphoric acid groups is 3. The molecule has 3 heterocycles. The zero-order valence-electron chi connectivity index (χ0n) is 24.4. The van der Waals surface area contributed by atoms with E-state index in [1.54, 1.807) is 6.08 Å². The number of nitrogen functional groups attached to an aromatic ring is 1. The Morgan fingerprint density at radius 3 is 2.52 bits per heavy atom. The first-order valence-electron chi connectivity index (χ1n) is 13.8. The van der Waals surface area contributed by atoms with Crippen LogP contribution < -0.4 is 27.4 Å². The third kappa shape index (κ3) is 12.3. The molecule has 3 rings (SSSR count). The Morgan fingerprint density at radius 2 is 1.87 bits per heavy atom. The number of rotatable bonds is 17. The van der Waals surface area contributed by atoms with E-state index in [1.807, 2.05) is 6.92 Å². The number of anilines is 1. The van der Waals surface area contributed by atoms with E-state index in [0.29, 0.717) is 12.8 Å². The number of nitrogens with two attached hydrogens (primary N) is 1. The number of hydrogen-bond donors (Lipinski definition) is 9. The van der Waals surface area contributed by atoms with Crippen LogP contribution in [0.1, 0.15) is 57.2 Å². The quantitative estimate of drug-likeness (QED) is 0.0754. The number of aliphatic hydroxyl groups excluding tert-OH is 1. The number of aliphatic hydroxyl groups is 1. The molecule has 1 aromatic rings. The maximum Gasteiger partial charge on any atom is 0.490 e.